The Morgan fingerprint density at radius 2 is 1.44 bits per heavy atom. The van der Waals surface area contributed by atoms with Gasteiger partial charge in [0.25, 0.3) is 0 Å². The van der Waals surface area contributed by atoms with Crippen LogP contribution in [-0.2, 0) is 0 Å². The molecule has 0 aliphatic heterocycles. The molecule has 0 atom stereocenters. The molecule has 0 aliphatic carbocycles. The molecule has 0 heterocycles. The van der Waals surface area contributed by atoms with Crippen molar-refractivity contribution in [2.75, 3.05) is 13.6 Å². The molecule has 0 saturated carbocycles. The van der Waals surface area contributed by atoms with Gasteiger partial charge in [-0.05, 0) is 34.4 Å². The molecule has 2 heteroatoms. The van der Waals surface area contributed by atoms with E-state index in [2.05, 4.69) is 12.2 Å². The van der Waals surface area contributed by atoms with Crippen molar-refractivity contribution in [1.29, 1.82) is 0 Å². The molecule has 0 bridgehead atoms. The smallest absolute Gasteiger partial charge is 0.00686 e. The van der Waals surface area contributed by atoms with Crippen molar-refractivity contribution < 1.29 is 0 Å². The quantitative estimate of drug-likeness (QED) is 0.558. The van der Waals surface area contributed by atoms with Crippen LogP contribution in [0.5, 0.6) is 0 Å². The first-order valence-corrected chi connectivity index (χ1v) is 3.35. The average molecular weight is 132 g/mol. The number of hydrogen-bond donors (Lipinski definition) is 2. The Morgan fingerprint density at radius 3 is 1.44 bits per heavy atom. The van der Waals surface area contributed by atoms with Crippen molar-refractivity contribution in [3.05, 3.63) is 0 Å². The van der Waals surface area contributed by atoms with Crippen LogP contribution in [0.4, 0.5) is 0 Å². The van der Waals surface area contributed by atoms with E-state index in [1.165, 1.54) is 0 Å². The van der Waals surface area contributed by atoms with E-state index < -0.39 is 0 Å². The monoisotopic (exact) mass is 132 g/mol. The highest BCUT2D eigenvalue weighted by Gasteiger charge is 1.95. The van der Waals surface area contributed by atoms with Gasteiger partial charge in [0, 0.05) is 5.54 Å². The first-order valence-electron chi connectivity index (χ1n) is 3.35. The summed E-state index contributed by atoms with van der Waals surface area (Å²) in [6.45, 7) is 9.03. The molecule has 3 N–H and O–H groups in total. The second kappa shape index (κ2) is 6.05. The second-order valence-electron chi connectivity index (χ2n) is 3.07. The molecule has 0 spiro atoms. The highest BCUT2D eigenvalue weighted by atomic mass is 14.8. The van der Waals surface area contributed by atoms with Crippen molar-refractivity contribution in [3.63, 3.8) is 0 Å². The molecule has 0 amide bonds. The SMILES string of the molecule is CC(C)(C)N.CCNC. The lowest BCUT2D eigenvalue weighted by Gasteiger charge is -2.06. The van der Waals surface area contributed by atoms with Gasteiger partial charge in [-0.1, -0.05) is 6.92 Å². The Balaban J connectivity index is 0. The van der Waals surface area contributed by atoms with E-state index >= 15 is 0 Å². The standard InChI is InChI=1S/C4H11N.C3H9N/c1-4(2,3)5;1-3-4-2/h5H2,1-3H3;4H,3H2,1-2H3. The van der Waals surface area contributed by atoms with Crippen LogP contribution < -0.4 is 11.1 Å². The predicted octanol–water partition coefficient (Wildman–Crippen LogP) is 0.969. The number of rotatable bonds is 1. The van der Waals surface area contributed by atoms with Gasteiger partial charge < -0.3 is 11.1 Å². The minimum absolute atomic E-state index is 0. The Kier molecular flexibility index (Phi) is 7.85. The lowest BCUT2D eigenvalue weighted by atomic mass is 10.1. The second-order valence-corrected chi connectivity index (χ2v) is 3.07. The maximum atomic E-state index is 5.35. The van der Waals surface area contributed by atoms with Crippen LogP contribution in [0.2, 0.25) is 0 Å². The van der Waals surface area contributed by atoms with Crippen molar-refractivity contribution >= 4 is 0 Å². The number of nitrogens with one attached hydrogen (secondary N) is 1. The van der Waals surface area contributed by atoms with Crippen molar-refractivity contribution in [1.82, 2.24) is 5.32 Å². The normalized spacial score (nSPS) is 10.0. The van der Waals surface area contributed by atoms with Gasteiger partial charge in [-0.3, -0.25) is 0 Å². The van der Waals surface area contributed by atoms with E-state index in [0.29, 0.717) is 0 Å². The highest BCUT2D eigenvalue weighted by Crippen LogP contribution is 1.88. The summed E-state index contributed by atoms with van der Waals surface area (Å²) in [5.41, 5.74) is 5.35. The van der Waals surface area contributed by atoms with Gasteiger partial charge in [0.05, 0.1) is 0 Å². The van der Waals surface area contributed by atoms with Gasteiger partial charge in [0.15, 0.2) is 0 Å². The summed E-state index contributed by atoms with van der Waals surface area (Å²) in [7, 11) is 1.93. The first-order chi connectivity index (χ1) is 3.91. The van der Waals surface area contributed by atoms with Crippen LogP contribution in [0, 0.1) is 0 Å². The van der Waals surface area contributed by atoms with E-state index in [-0.39, 0.29) is 5.54 Å². The zero-order valence-electron chi connectivity index (χ0n) is 7.28. The lowest BCUT2D eigenvalue weighted by Crippen LogP contribution is -2.26. The van der Waals surface area contributed by atoms with E-state index in [9.17, 15) is 0 Å². The molecule has 0 saturated heterocycles. The zero-order valence-corrected chi connectivity index (χ0v) is 7.28. The highest BCUT2D eigenvalue weighted by molar-refractivity contribution is 4.60. The van der Waals surface area contributed by atoms with E-state index in [4.69, 9.17) is 5.73 Å². The largest absolute Gasteiger partial charge is 0.326 e. The molecule has 0 aromatic heterocycles. The fourth-order valence-corrected chi connectivity index (χ4v) is 0. The van der Waals surface area contributed by atoms with E-state index in [1.807, 2.05) is 27.8 Å². The van der Waals surface area contributed by atoms with Gasteiger partial charge in [-0.2, -0.15) is 0 Å². The molecule has 0 unspecified atom stereocenters. The van der Waals surface area contributed by atoms with Gasteiger partial charge >= 0.3 is 0 Å². The Hall–Kier alpha value is -0.0800. The maximum absolute atomic E-state index is 5.35. The lowest BCUT2D eigenvalue weighted by molar-refractivity contribution is 0.580. The Labute approximate surface area is 58.8 Å². The molecular weight excluding hydrogens is 112 g/mol. The molecule has 0 aromatic rings. The van der Waals surface area contributed by atoms with Crippen LogP contribution >= 0.6 is 0 Å². The fourth-order valence-electron chi connectivity index (χ4n) is 0. The van der Waals surface area contributed by atoms with Gasteiger partial charge in [-0.15, -0.1) is 0 Å². The third-order valence-corrected chi connectivity index (χ3v) is 0.354. The van der Waals surface area contributed by atoms with Gasteiger partial charge in [0.2, 0.25) is 0 Å². The molecule has 2 nitrogen and oxygen atoms in total. The van der Waals surface area contributed by atoms with Crippen LogP contribution in [-0.4, -0.2) is 19.1 Å². The number of hydrogen-bond acceptors (Lipinski definition) is 2. The van der Waals surface area contributed by atoms with Crippen molar-refractivity contribution in [2.24, 2.45) is 5.73 Å². The van der Waals surface area contributed by atoms with Gasteiger partial charge in [-0.25, -0.2) is 0 Å². The Morgan fingerprint density at radius 1 is 1.33 bits per heavy atom. The topological polar surface area (TPSA) is 38.0 Å². The van der Waals surface area contributed by atoms with Crippen LogP contribution in [0.1, 0.15) is 27.7 Å². The molecular formula is C7H20N2. The van der Waals surface area contributed by atoms with Crippen molar-refractivity contribution in [2.45, 2.75) is 33.2 Å². The van der Waals surface area contributed by atoms with Crippen molar-refractivity contribution in [3.8, 4) is 0 Å². The summed E-state index contributed by atoms with van der Waals surface area (Å²) in [6, 6.07) is 0. The minimum Gasteiger partial charge on any atom is -0.326 e. The number of nitrogens with two attached hydrogens (primary N) is 1. The molecule has 0 rings (SSSR count). The van der Waals surface area contributed by atoms with Gasteiger partial charge in [0.1, 0.15) is 0 Å². The van der Waals surface area contributed by atoms with Crippen LogP contribution in [0.3, 0.4) is 0 Å². The van der Waals surface area contributed by atoms with Crippen LogP contribution in [0.25, 0.3) is 0 Å². The molecule has 0 aromatic carbocycles. The van der Waals surface area contributed by atoms with E-state index in [1.54, 1.807) is 0 Å². The zero-order chi connectivity index (χ0) is 7.91. The van der Waals surface area contributed by atoms with Crippen LogP contribution in [0.15, 0.2) is 0 Å². The molecule has 0 fully saturated rings. The summed E-state index contributed by atoms with van der Waals surface area (Å²) in [5.74, 6) is 0. The Bertz CT molecular complexity index is 37.4. The average Bonchev–Trinajstić information content (AvgIpc) is 1.61. The molecule has 0 radical (unpaired) electrons. The fraction of sp³-hybridized carbons (Fsp3) is 1.00. The summed E-state index contributed by atoms with van der Waals surface area (Å²) >= 11 is 0. The van der Waals surface area contributed by atoms with E-state index in [0.717, 1.165) is 6.54 Å². The third-order valence-electron chi connectivity index (χ3n) is 0.354. The third kappa shape index (κ3) is 328. The predicted molar refractivity (Wildman–Crippen MR) is 43.5 cm³/mol. The summed E-state index contributed by atoms with van der Waals surface area (Å²) in [5, 5.41) is 2.93. The summed E-state index contributed by atoms with van der Waals surface area (Å²) in [4.78, 5) is 0. The summed E-state index contributed by atoms with van der Waals surface area (Å²) in [6.07, 6.45) is 0. The molecule has 58 valence electrons. The summed E-state index contributed by atoms with van der Waals surface area (Å²) < 4.78 is 0. The minimum atomic E-state index is 0. The first kappa shape index (κ1) is 11.7. The maximum Gasteiger partial charge on any atom is 0.00686 e. The molecule has 0 aliphatic rings. The molecule has 9 heavy (non-hydrogen) atoms.